The monoisotopic (exact) mass is 724 g/mol. The van der Waals surface area contributed by atoms with Crippen molar-refractivity contribution in [2.45, 2.75) is 5.41 Å². The Kier molecular flexibility index (Phi) is 7.14. The van der Waals surface area contributed by atoms with E-state index in [0.29, 0.717) is 33.4 Å². The van der Waals surface area contributed by atoms with E-state index in [0.717, 1.165) is 9.80 Å². The molecule has 4 amide bonds. The number of rotatable bonds is 6. The lowest BCUT2D eigenvalue weighted by atomic mass is 9.59. The topological polar surface area (TPSA) is 166 Å². The van der Waals surface area contributed by atoms with Gasteiger partial charge in [-0.1, -0.05) is 72.8 Å². The van der Waals surface area contributed by atoms with Gasteiger partial charge in [-0.3, -0.25) is 24.0 Å². The summed E-state index contributed by atoms with van der Waals surface area (Å²) in [5, 5.41) is 18.9. The van der Waals surface area contributed by atoms with Crippen LogP contribution in [-0.4, -0.2) is 51.6 Å². The van der Waals surface area contributed by atoms with E-state index >= 15 is 0 Å². The van der Waals surface area contributed by atoms with E-state index in [1.54, 1.807) is 72.8 Å². The van der Waals surface area contributed by atoms with Crippen molar-refractivity contribution < 1.29 is 43.8 Å². The number of ketones is 1. The van der Waals surface area contributed by atoms with Crippen LogP contribution in [0.4, 0.5) is 11.4 Å². The highest BCUT2D eigenvalue weighted by molar-refractivity contribution is 6.35. The van der Waals surface area contributed by atoms with Gasteiger partial charge in [-0.15, -0.1) is 0 Å². The molecule has 11 nitrogen and oxygen atoms in total. The first-order chi connectivity index (χ1) is 26.5. The number of carbonyl (C=O) groups excluding carboxylic acids is 5. The van der Waals surface area contributed by atoms with Crippen LogP contribution in [0.3, 0.4) is 0 Å². The molecule has 1 aliphatic carbocycles. The minimum absolute atomic E-state index is 0.0143. The van der Waals surface area contributed by atoms with Crippen LogP contribution in [-0.2, 0) is 5.41 Å². The molecule has 55 heavy (non-hydrogen) atoms. The van der Waals surface area contributed by atoms with E-state index in [4.69, 9.17) is 0 Å². The molecule has 0 saturated heterocycles. The molecule has 2 N–H and O–H groups in total. The van der Waals surface area contributed by atoms with Crippen molar-refractivity contribution in [2.75, 3.05) is 9.80 Å². The maximum absolute atomic E-state index is 14.0. The third-order valence-corrected chi connectivity index (χ3v) is 10.5. The summed E-state index contributed by atoms with van der Waals surface area (Å²) in [6.45, 7) is 0. The summed E-state index contributed by atoms with van der Waals surface area (Å²) in [6.07, 6.45) is 0. The quantitative estimate of drug-likeness (QED) is 0.179. The lowest BCUT2D eigenvalue weighted by molar-refractivity contribution is 0.0686. The average molecular weight is 725 g/mol. The van der Waals surface area contributed by atoms with Gasteiger partial charge in [-0.2, -0.15) is 0 Å². The molecule has 6 aromatic rings. The van der Waals surface area contributed by atoms with Gasteiger partial charge in [0.05, 0.1) is 50.2 Å². The summed E-state index contributed by atoms with van der Waals surface area (Å²) < 4.78 is 0. The lowest BCUT2D eigenvalue weighted by Gasteiger charge is -2.41. The summed E-state index contributed by atoms with van der Waals surface area (Å²) in [5.41, 5.74) is 2.82. The molecule has 0 saturated carbocycles. The zero-order valence-corrected chi connectivity index (χ0v) is 28.3. The number of nitrogens with zero attached hydrogens (tertiary/aromatic N) is 2. The molecule has 11 heteroatoms. The second-order valence-electron chi connectivity index (χ2n) is 13.3. The minimum atomic E-state index is -1.23. The highest BCUT2D eigenvalue weighted by atomic mass is 16.4. The van der Waals surface area contributed by atoms with Gasteiger partial charge in [0, 0.05) is 11.1 Å². The molecule has 0 radical (unpaired) electrons. The molecule has 0 bridgehead atoms. The van der Waals surface area contributed by atoms with Gasteiger partial charge in [0.2, 0.25) is 0 Å². The Morgan fingerprint density at radius 2 is 0.782 bits per heavy atom. The third kappa shape index (κ3) is 4.59. The SMILES string of the molecule is O=C(O)c1ccc2c(c1)C(=O)N(c1ccc(C3(c4ccc(N5C(=O)c6ccc(C(=O)O)cc6C5=O)cc4)c4ccccc4C(=O)c4ccccc43)cc1)C2=O. The molecule has 0 spiro atoms. The number of fused-ring (bicyclic) bond motifs is 4. The Bertz CT molecular complexity index is 2580. The molecule has 2 aliphatic heterocycles. The molecule has 0 aromatic heterocycles. The van der Waals surface area contributed by atoms with Crippen LogP contribution >= 0.6 is 0 Å². The van der Waals surface area contributed by atoms with Gasteiger partial charge < -0.3 is 10.2 Å². The minimum Gasteiger partial charge on any atom is -0.478 e. The molecule has 2 heterocycles. The second kappa shape index (κ2) is 11.9. The molecule has 9 rings (SSSR count). The number of anilines is 2. The third-order valence-electron chi connectivity index (χ3n) is 10.5. The van der Waals surface area contributed by atoms with Crippen LogP contribution < -0.4 is 9.80 Å². The zero-order chi connectivity index (χ0) is 38.3. The summed E-state index contributed by atoms with van der Waals surface area (Å²) in [6, 6.07) is 35.6. The lowest BCUT2D eigenvalue weighted by Crippen LogP contribution is -2.38. The summed E-state index contributed by atoms with van der Waals surface area (Å²) in [4.78, 5) is 93.1. The van der Waals surface area contributed by atoms with Crippen LogP contribution in [0.5, 0.6) is 0 Å². The van der Waals surface area contributed by atoms with Crippen molar-refractivity contribution in [1.29, 1.82) is 0 Å². The number of hydrogen-bond acceptors (Lipinski definition) is 7. The maximum atomic E-state index is 14.0. The Hall–Kier alpha value is -7.79. The molecular formula is C44H24N2O9. The van der Waals surface area contributed by atoms with Crippen LogP contribution in [0.2, 0.25) is 0 Å². The van der Waals surface area contributed by atoms with Crippen LogP contribution in [0.15, 0.2) is 133 Å². The van der Waals surface area contributed by atoms with Crippen molar-refractivity contribution in [3.05, 3.63) is 200 Å². The van der Waals surface area contributed by atoms with Gasteiger partial charge in [0.1, 0.15) is 0 Å². The number of carbonyl (C=O) groups is 7. The number of carboxylic acids is 2. The first-order valence-corrected chi connectivity index (χ1v) is 17.0. The Balaban J connectivity index is 1.18. The van der Waals surface area contributed by atoms with Gasteiger partial charge in [-0.05, 0) is 82.9 Å². The van der Waals surface area contributed by atoms with E-state index in [1.807, 2.05) is 24.3 Å². The largest absolute Gasteiger partial charge is 0.478 e. The van der Waals surface area contributed by atoms with Gasteiger partial charge in [0.15, 0.2) is 5.78 Å². The van der Waals surface area contributed by atoms with E-state index in [9.17, 15) is 43.8 Å². The van der Waals surface area contributed by atoms with Crippen LogP contribution in [0.25, 0.3) is 0 Å². The van der Waals surface area contributed by atoms with Crippen molar-refractivity contribution >= 4 is 52.7 Å². The summed E-state index contributed by atoms with van der Waals surface area (Å²) in [5.74, 6) is -5.14. The smallest absolute Gasteiger partial charge is 0.335 e. The van der Waals surface area contributed by atoms with Crippen LogP contribution in [0, 0.1) is 0 Å². The Morgan fingerprint density at radius 3 is 1.16 bits per heavy atom. The highest BCUT2D eigenvalue weighted by Gasteiger charge is 2.47. The summed E-state index contributed by atoms with van der Waals surface area (Å²) in [7, 11) is 0. The molecule has 3 aliphatic rings. The van der Waals surface area contributed by atoms with E-state index in [1.165, 1.54) is 36.4 Å². The number of amides is 4. The first-order valence-electron chi connectivity index (χ1n) is 17.0. The normalized spacial score (nSPS) is 15.1. The second-order valence-corrected chi connectivity index (χ2v) is 13.3. The molecule has 0 fully saturated rings. The molecule has 0 atom stereocenters. The molecule has 264 valence electrons. The van der Waals surface area contributed by atoms with Gasteiger partial charge in [-0.25, -0.2) is 19.4 Å². The molecule has 0 unspecified atom stereocenters. The van der Waals surface area contributed by atoms with Crippen molar-refractivity contribution in [3.8, 4) is 0 Å². The van der Waals surface area contributed by atoms with Crippen molar-refractivity contribution in [3.63, 3.8) is 0 Å². The molecule has 6 aromatic carbocycles. The number of aromatic carboxylic acids is 2. The number of carboxylic acid groups (broad SMARTS) is 2. The molecular weight excluding hydrogens is 700 g/mol. The standard InChI is InChI=1S/C44H24N2O9/c47-37-31-5-1-3-7-35(31)44(36-8-4-2-6-32(36)37,25-11-15-27(16-12-25)45-38(48)29-19-9-23(42(52)53)21-33(29)40(45)50)26-13-17-28(18-14-26)46-39(49)30-20-10-24(43(54)55)22-34(30)41(46)51/h1-22H,(H,52,53)(H,54,55). The number of imide groups is 2. The Morgan fingerprint density at radius 1 is 0.418 bits per heavy atom. The van der Waals surface area contributed by atoms with E-state index < -0.39 is 41.0 Å². The predicted octanol–water partition coefficient (Wildman–Crippen LogP) is 6.61. The number of benzene rings is 6. The first kappa shape index (κ1) is 33.1. The fourth-order valence-electron chi connectivity index (χ4n) is 8.03. The fraction of sp³-hybridized carbons (Fsp3) is 0.0227. The Labute approximate surface area is 311 Å². The maximum Gasteiger partial charge on any atom is 0.335 e. The van der Waals surface area contributed by atoms with Crippen LogP contribution in [0.1, 0.15) is 100 Å². The van der Waals surface area contributed by atoms with E-state index in [2.05, 4.69) is 0 Å². The predicted molar refractivity (Wildman–Crippen MR) is 197 cm³/mol. The van der Waals surface area contributed by atoms with Crippen molar-refractivity contribution in [2.24, 2.45) is 0 Å². The van der Waals surface area contributed by atoms with Gasteiger partial charge in [0.25, 0.3) is 23.6 Å². The fourth-order valence-corrected chi connectivity index (χ4v) is 8.03. The number of hydrogen-bond donors (Lipinski definition) is 2. The highest BCUT2D eigenvalue weighted by Crippen LogP contribution is 2.51. The zero-order valence-electron chi connectivity index (χ0n) is 28.3. The average Bonchev–Trinajstić information content (AvgIpc) is 3.61. The van der Waals surface area contributed by atoms with Gasteiger partial charge >= 0.3 is 11.9 Å². The van der Waals surface area contributed by atoms with Crippen molar-refractivity contribution in [1.82, 2.24) is 0 Å². The van der Waals surface area contributed by atoms with E-state index in [-0.39, 0.29) is 50.5 Å². The summed E-state index contributed by atoms with van der Waals surface area (Å²) >= 11 is 0.